The summed E-state index contributed by atoms with van der Waals surface area (Å²) in [6.07, 6.45) is 3.44. The van der Waals surface area contributed by atoms with E-state index in [4.69, 9.17) is 10.5 Å². The molecule has 4 N–H and O–H groups in total. The Labute approximate surface area is 119 Å². The lowest BCUT2D eigenvalue weighted by atomic mass is 10.2. The molecule has 5 nitrogen and oxygen atoms in total. The van der Waals surface area contributed by atoms with Crippen molar-refractivity contribution in [2.75, 3.05) is 19.7 Å². The number of aliphatic hydroxyl groups excluding tert-OH is 1. The van der Waals surface area contributed by atoms with Crippen molar-refractivity contribution < 1.29 is 9.84 Å². The van der Waals surface area contributed by atoms with Crippen molar-refractivity contribution in [1.29, 1.82) is 0 Å². The topological polar surface area (TPSA) is 80.4 Å². The van der Waals surface area contributed by atoms with Crippen molar-refractivity contribution in [2.24, 2.45) is 11.7 Å². The Morgan fingerprint density at radius 1 is 1.50 bits per heavy atom. The molecule has 1 fully saturated rings. The second kappa shape index (κ2) is 7.85. The van der Waals surface area contributed by atoms with Gasteiger partial charge in [0.05, 0.1) is 18.7 Å². The molecule has 1 heterocycles. The molecule has 0 aliphatic heterocycles. The minimum atomic E-state index is -0.665. The van der Waals surface area contributed by atoms with Crippen molar-refractivity contribution in [3.8, 4) is 17.7 Å². The predicted octanol–water partition coefficient (Wildman–Crippen LogP) is 0.152. The maximum atomic E-state index is 9.88. The van der Waals surface area contributed by atoms with Gasteiger partial charge in [0.25, 0.3) is 0 Å². The van der Waals surface area contributed by atoms with Crippen LogP contribution in [0.4, 0.5) is 0 Å². The van der Waals surface area contributed by atoms with Crippen LogP contribution in [0.15, 0.2) is 24.4 Å². The van der Waals surface area contributed by atoms with E-state index in [9.17, 15) is 5.11 Å². The summed E-state index contributed by atoms with van der Waals surface area (Å²) < 4.78 is 5.40. The highest BCUT2D eigenvalue weighted by molar-refractivity contribution is 5.10. The lowest BCUT2D eigenvalue weighted by Gasteiger charge is -2.18. The molecule has 20 heavy (non-hydrogen) atoms. The maximum absolute atomic E-state index is 9.88. The fraction of sp³-hybridized carbons (Fsp3) is 0.533. The van der Waals surface area contributed by atoms with Crippen LogP contribution < -0.4 is 15.8 Å². The fourth-order valence-corrected chi connectivity index (χ4v) is 1.58. The molecule has 2 rings (SSSR count). The van der Waals surface area contributed by atoms with Crippen molar-refractivity contribution in [1.82, 2.24) is 10.3 Å². The number of hydrogen-bond donors (Lipinski definition) is 3. The molecule has 2 atom stereocenters. The van der Waals surface area contributed by atoms with E-state index in [1.807, 2.05) is 12.1 Å². The Morgan fingerprint density at radius 3 is 3.05 bits per heavy atom. The first-order valence-corrected chi connectivity index (χ1v) is 6.92. The predicted molar refractivity (Wildman–Crippen MR) is 77.1 cm³/mol. The molecule has 108 valence electrons. The second-order valence-electron chi connectivity index (χ2n) is 4.94. The van der Waals surface area contributed by atoms with Gasteiger partial charge in [0, 0.05) is 24.7 Å². The molecule has 0 spiro atoms. The lowest BCUT2D eigenvalue weighted by Crippen LogP contribution is -2.45. The van der Waals surface area contributed by atoms with Crippen LogP contribution in [0.5, 0.6) is 5.88 Å². The van der Waals surface area contributed by atoms with E-state index in [0.29, 0.717) is 24.9 Å². The Hall–Kier alpha value is -1.61. The van der Waals surface area contributed by atoms with Gasteiger partial charge in [-0.1, -0.05) is 17.9 Å². The molecule has 0 saturated heterocycles. The van der Waals surface area contributed by atoms with Gasteiger partial charge in [-0.3, -0.25) is 0 Å². The SMILES string of the molecule is N[C@@H](COc1ccccn1)[C@H](O)CNCC#CC1CC1. The third-order valence-electron chi connectivity index (χ3n) is 3.01. The van der Waals surface area contributed by atoms with Crippen LogP contribution in [-0.4, -0.2) is 41.9 Å². The maximum Gasteiger partial charge on any atom is 0.213 e. The quantitative estimate of drug-likeness (QED) is 0.487. The Balaban J connectivity index is 1.59. The summed E-state index contributed by atoms with van der Waals surface area (Å²) in [5, 5.41) is 13.0. The van der Waals surface area contributed by atoms with Gasteiger partial charge in [-0.15, -0.1) is 0 Å². The van der Waals surface area contributed by atoms with Crippen LogP contribution in [-0.2, 0) is 0 Å². The van der Waals surface area contributed by atoms with Crippen molar-refractivity contribution >= 4 is 0 Å². The molecular formula is C15H21N3O2. The van der Waals surface area contributed by atoms with E-state index in [2.05, 4.69) is 22.1 Å². The number of aliphatic hydroxyl groups is 1. The minimum absolute atomic E-state index is 0.230. The summed E-state index contributed by atoms with van der Waals surface area (Å²) in [5.41, 5.74) is 5.86. The van der Waals surface area contributed by atoms with Gasteiger partial charge in [0.2, 0.25) is 5.88 Å². The zero-order valence-electron chi connectivity index (χ0n) is 11.5. The van der Waals surface area contributed by atoms with Crippen LogP contribution in [0.3, 0.4) is 0 Å². The van der Waals surface area contributed by atoms with Crippen molar-refractivity contribution in [3.05, 3.63) is 24.4 Å². The van der Waals surface area contributed by atoms with Crippen LogP contribution in [0, 0.1) is 17.8 Å². The number of ether oxygens (including phenoxy) is 1. The van der Waals surface area contributed by atoms with Gasteiger partial charge in [-0.25, -0.2) is 4.98 Å². The third kappa shape index (κ3) is 5.57. The van der Waals surface area contributed by atoms with E-state index in [1.54, 1.807) is 12.3 Å². The molecular weight excluding hydrogens is 254 g/mol. The number of pyridine rings is 1. The smallest absolute Gasteiger partial charge is 0.213 e. The van der Waals surface area contributed by atoms with E-state index < -0.39 is 12.1 Å². The summed E-state index contributed by atoms with van der Waals surface area (Å²) in [6.45, 7) is 1.22. The molecule has 0 unspecified atom stereocenters. The largest absolute Gasteiger partial charge is 0.476 e. The summed E-state index contributed by atoms with van der Waals surface area (Å²) in [5.74, 6) is 7.31. The number of hydrogen-bond acceptors (Lipinski definition) is 5. The van der Waals surface area contributed by atoms with E-state index >= 15 is 0 Å². The molecule has 0 radical (unpaired) electrons. The zero-order chi connectivity index (χ0) is 14.2. The molecule has 1 aliphatic carbocycles. The van der Waals surface area contributed by atoms with Gasteiger partial charge in [0.1, 0.15) is 6.61 Å². The number of nitrogens with two attached hydrogens (primary N) is 1. The van der Waals surface area contributed by atoms with E-state index in [1.165, 1.54) is 12.8 Å². The van der Waals surface area contributed by atoms with Crippen LogP contribution >= 0.6 is 0 Å². The third-order valence-corrected chi connectivity index (χ3v) is 3.01. The molecule has 5 heteroatoms. The summed E-state index contributed by atoms with van der Waals surface area (Å²) in [6, 6.07) is 4.95. The summed E-state index contributed by atoms with van der Waals surface area (Å²) in [4.78, 5) is 4.03. The highest BCUT2D eigenvalue weighted by atomic mass is 16.5. The number of aromatic nitrogens is 1. The molecule has 1 aromatic rings. The minimum Gasteiger partial charge on any atom is -0.476 e. The normalized spacial score (nSPS) is 16.9. The number of nitrogens with one attached hydrogen (secondary N) is 1. The molecule has 1 aliphatic rings. The average molecular weight is 275 g/mol. The first-order chi connectivity index (χ1) is 9.75. The fourth-order valence-electron chi connectivity index (χ4n) is 1.58. The molecule has 0 amide bonds. The Kier molecular flexibility index (Phi) is 5.81. The molecule has 0 bridgehead atoms. The molecule has 0 aromatic carbocycles. The molecule has 1 aromatic heterocycles. The van der Waals surface area contributed by atoms with Gasteiger partial charge in [0.15, 0.2) is 0 Å². The number of nitrogens with zero attached hydrogens (tertiary/aromatic N) is 1. The second-order valence-corrected chi connectivity index (χ2v) is 4.94. The first kappa shape index (κ1) is 14.8. The molecule has 1 saturated carbocycles. The lowest BCUT2D eigenvalue weighted by molar-refractivity contribution is 0.114. The number of rotatable bonds is 7. The van der Waals surface area contributed by atoms with Crippen molar-refractivity contribution in [3.63, 3.8) is 0 Å². The van der Waals surface area contributed by atoms with Gasteiger partial charge < -0.3 is 20.9 Å². The Morgan fingerprint density at radius 2 is 2.35 bits per heavy atom. The standard InChI is InChI=1S/C15H21N3O2/c16-13(11-20-15-5-1-2-9-18-15)14(19)10-17-8-3-4-12-6-7-12/h1-2,5,9,12-14,17,19H,6-8,10-11,16H2/t13-,14+/m0/s1. The monoisotopic (exact) mass is 275 g/mol. The van der Waals surface area contributed by atoms with Crippen LogP contribution in [0.1, 0.15) is 12.8 Å². The summed E-state index contributed by atoms with van der Waals surface area (Å²) >= 11 is 0. The highest BCUT2D eigenvalue weighted by Crippen LogP contribution is 2.27. The van der Waals surface area contributed by atoms with Gasteiger partial charge in [-0.2, -0.15) is 0 Å². The van der Waals surface area contributed by atoms with Crippen LogP contribution in [0.2, 0.25) is 0 Å². The summed E-state index contributed by atoms with van der Waals surface area (Å²) in [7, 11) is 0. The van der Waals surface area contributed by atoms with Crippen molar-refractivity contribution in [2.45, 2.75) is 25.0 Å². The average Bonchev–Trinajstić information content (AvgIpc) is 3.29. The highest BCUT2D eigenvalue weighted by Gasteiger charge is 2.17. The van der Waals surface area contributed by atoms with E-state index in [-0.39, 0.29) is 6.61 Å². The van der Waals surface area contributed by atoms with E-state index in [0.717, 1.165) is 0 Å². The van der Waals surface area contributed by atoms with Gasteiger partial charge in [-0.05, 0) is 18.9 Å². The van der Waals surface area contributed by atoms with Crippen LogP contribution in [0.25, 0.3) is 0 Å². The zero-order valence-corrected chi connectivity index (χ0v) is 11.5. The Bertz CT molecular complexity index is 451. The van der Waals surface area contributed by atoms with Gasteiger partial charge >= 0.3 is 0 Å². The first-order valence-electron chi connectivity index (χ1n) is 6.92.